The molecule has 1 amide bonds. The lowest BCUT2D eigenvalue weighted by Gasteiger charge is -2.21. The number of ether oxygens (including phenoxy) is 1. The van der Waals surface area contributed by atoms with Gasteiger partial charge in [-0.3, -0.25) is 14.3 Å². The first-order chi connectivity index (χ1) is 15.8. The van der Waals surface area contributed by atoms with Crippen molar-refractivity contribution in [3.8, 4) is 11.4 Å². The Kier molecular flexibility index (Phi) is 8.71. The molecule has 0 spiro atoms. The van der Waals surface area contributed by atoms with Crippen LogP contribution in [0.25, 0.3) is 5.69 Å². The Labute approximate surface area is 202 Å². The van der Waals surface area contributed by atoms with Crippen LogP contribution in [-0.4, -0.2) is 70.5 Å². The zero-order valence-electron chi connectivity index (χ0n) is 19.0. The normalized spacial score (nSPS) is 12.1. The van der Waals surface area contributed by atoms with Gasteiger partial charge in [0.05, 0.1) is 18.3 Å². The second kappa shape index (κ2) is 11.5. The largest absolute Gasteiger partial charge is 0.492 e. The summed E-state index contributed by atoms with van der Waals surface area (Å²) >= 11 is 7.17. The highest BCUT2D eigenvalue weighted by atomic mass is 35.5. The molecule has 0 bridgehead atoms. The van der Waals surface area contributed by atoms with Crippen LogP contribution in [0.3, 0.4) is 0 Å². The maximum absolute atomic E-state index is 13.5. The third-order valence-corrected chi connectivity index (χ3v) is 6.32. The number of rotatable bonds is 10. The summed E-state index contributed by atoms with van der Waals surface area (Å²) in [6, 6.07) is 13.2. The van der Waals surface area contributed by atoms with Crippen molar-refractivity contribution >= 4 is 29.3 Å². The van der Waals surface area contributed by atoms with Crippen LogP contribution in [0.1, 0.15) is 18.8 Å². The topological polar surface area (TPSA) is 63.5 Å². The maximum Gasteiger partial charge on any atom is 0.232 e. The minimum atomic E-state index is -0.319. The fourth-order valence-electron chi connectivity index (χ4n) is 2.90. The molecule has 0 saturated heterocycles. The molecule has 176 valence electrons. The molecule has 33 heavy (non-hydrogen) atoms. The maximum atomic E-state index is 13.5. The lowest BCUT2D eigenvalue weighted by Crippen LogP contribution is -2.32. The third kappa shape index (κ3) is 6.69. The molecule has 2 aromatic carbocycles. The zero-order valence-corrected chi connectivity index (χ0v) is 20.6. The van der Waals surface area contributed by atoms with Gasteiger partial charge in [0.25, 0.3) is 0 Å². The molecule has 1 atom stereocenters. The molecule has 0 unspecified atom stereocenters. The smallest absolute Gasteiger partial charge is 0.232 e. The van der Waals surface area contributed by atoms with E-state index >= 15 is 0 Å². The van der Waals surface area contributed by atoms with Crippen LogP contribution in [0.15, 0.2) is 53.7 Å². The fraction of sp³-hybridized carbons (Fsp3) is 0.348. The van der Waals surface area contributed by atoms with E-state index in [2.05, 4.69) is 10.2 Å². The van der Waals surface area contributed by atoms with Crippen LogP contribution < -0.4 is 4.74 Å². The van der Waals surface area contributed by atoms with Gasteiger partial charge in [0, 0.05) is 17.8 Å². The van der Waals surface area contributed by atoms with Crippen molar-refractivity contribution in [1.29, 1.82) is 0 Å². The molecule has 0 aliphatic carbocycles. The van der Waals surface area contributed by atoms with Crippen molar-refractivity contribution < 1.29 is 13.9 Å². The van der Waals surface area contributed by atoms with Crippen molar-refractivity contribution in [3.63, 3.8) is 0 Å². The molecular weight excluding hydrogens is 465 g/mol. The molecule has 10 heteroatoms. The number of hydrogen-bond donors (Lipinski definition) is 0. The van der Waals surface area contributed by atoms with Gasteiger partial charge in [0.1, 0.15) is 18.2 Å². The number of amides is 1. The van der Waals surface area contributed by atoms with Gasteiger partial charge in [-0.25, -0.2) is 4.39 Å². The van der Waals surface area contributed by atoms with E-state index in [1.54, 1.807) is 48.3 Å². The molecule has 3 rings (SSSR count). The molecule has 7 nitrogen and oxygen atoms in total. The van der Waals surface area contributed by atoms with Crippen molar-refractivity contribution in [2.75, 3.05) is 40.0 Å². The summed E-state index contributed by atoms with van der Waals surface area (Å²) in [4.78, 5) is 16.3. The van der Waals surface area contributed by atoms with Crippen LogP contribution in [0.4, 0.5) is 4.39 Å². The Bertz CT molecular complexity index is 1060. The van der Waals surface area contributed by atoms with Gasteiger partial charge < -0.3 is 9.64 Å². The minimum absolute atomic E-state index is 0.0275. The van der Waals surface area contributed by atoms with Crippen LogP contribution in [-0.2, 0) is 4.79 Å². The molecule has 1 heterocycles. The average Bonchev–Trinajstić information content (AvgIpc) is 3.22. The number of carbonyl (C=O) groups is 1. The Hall–Kier alpha value is -2.62. The molecule has 0 aliphatic heterocycles. The summed E-state index contributed by atoms with van der Waals surface area (Å²) < 4.78 is 21.0. The number of carbonyl (C=O) groups excluding carboxylic acids is 1. The first kappa shape index (κ1) is 25.0. The van der Waals surface area contributed by atoms with Crippen molar-refractivity contribution in [2.24, 2.45) is 0 Å². The Balaban J connectivity index is 1.64. The van der Waals surface area contributed by atoms with E-state index < -0.39 is 0 Å². The van der Waals surface area contributed by atoms with E-state index in [0.29, 0.717) is 34.9 Å². The minimum Gasteiger partial charge on any atom is -0.492 e. The highest BCUT2D eigenvalue weighted by Gasteiger charge is 2.22. The van der Waals surface area contributed by atoms with Crippen LogP contribution >= 0.6 is 23.4 Å². The number of benzene rings is 2. The van der Waals surface area contributed by atoms with E-state index in [0.717, 1.165) is 5.69 Å². The molecule has 0 radical (unpaired) electrons. The first-order valence-electron chi connectivity index (χ1n) is 10.4. The second-order valence-corrected chi connectivity index (χ2v) is 9.08. The van der Waals surface area contributed by atoms with Crippen LogP contribution in [0.5, 0.6) is 5.75 Å². The van der Waals surface area contributed by atoms with Crippen LogP contribution in [0, 0.1) is 5.82 Å². The summed E-state index contributed by atoms with van der Waals surface area (Å²) in [5, 5.41) is 9.87. The van der Waals surface area contributed by atoms with Crippen molar-refractivity contribution in [2.45, 2.75) is 18.1 Å². The summed E-state index contributed by atoms with van der Waals surface area (Å²) in [6.45, 7) is 2.82. The van der Waals surface area contributed by atoms with Gasteiger partial charge in [0.15, 0.2) is 11.0 Å². The Morgan fingerprint density at radius 2 is 1.79 bits per heavy atom. The van der Waals surface area contributed by atoms with Gasteiger partial charge in [-0.2, -0.15) is 0 Å². The summed E-state index contributed by atoms with van der Waals surface area (Å²) in [6.07, 6.45) is 0. The predicted molar refractivity (Wildman–Crippen MR) is 129 cm³/mol. The lowest BCUT2D eigenvalue weighted by atomic mass is 10.2. The number of aromatic nitrogens is 3. The monoisotopic (exact) mass is 491 g/mol. The van der Waals surface area contributed by atoms with Gasteiger partial charge in [-0.1, -0.05) is 23.4 Å². The molecule has 1 aromatic heterocycles. The standard InChI is InChI=1S/C23H27ClFN5O2S/c1-16(28(2)3)22-26-27-23(30(22)19-9-7-18(25)8-10-19)33-15-21(31)29(4)13-14-32-20-11-5-17(24)6-12-20/h5-12,16H,13-15H2,1-4H3/t16-/m1/s1. The Morgan fingerprint density at radius 1 is 1.12 bits per heavy atom. The highest BCUT2D eigenvalue weighted by Crippen LogP contribution is 2.27. The number of thioether (sulfide) groups is 1. The zero-order chi connectivity index (χ0) is 24.0. The molecule has 0 saturated carbocycles. The summed E-state index contributed by atoms with van der Waals surface area (Å²) in [7, 11) is 5.63. The van der Waals surface area contributed by atoms with Crippen molar-refractivity contribution in [1.82, 2.24) is 24.6 Å². The Morgan fingerprint density at radius 3 is 2.42 bits per heavy atom. The van der Waals surface area contributed by atoms with Crippen LogP contribution in [0.2, 0.25) is 5.02 Å². The first-order valence-corrected chi connectivity index (χ1v) is 11.8. The number of hydrogen-bond acceptors (Lipinski definition) is 6. The second-order valence-electron chi connectivity index (χ2n) is 7.70. The van der Waals surface area contributed by atoms with Gasteiger partial charge in [-0.05, 0) is 69.6 Å². The fourth-order valence-corrected chi connectivity index (χ4v) is 3.93. The molecule has 3 aromatic rings. The number of halogens is 2. The molecular formula is C23H27ClFN5O2S. The van der Waals surface area contributed by atoms with Gasteiger partial charge in [0.2, 0.25) is 5.91 Å². The number of likely N-dealkylation sites (N-methyl/N-ethyl adjacent to an activating group) is 1. The number of nitrogens with zero attached hydrogens (tertiary/aromatic N) is 5. The third-order valence-electron chi connectivity index (χ3n) is 5.15. The summed E-state index contributed by atoms with van der Waals surface area (Å²) in [5.41, 5.74) is 0.741. The molecule has 0 aliphatic rings. The summed E-state index contributed by atoms with van der Waals surface area (Å²) in [5.74, 6) is 1.22. The molecule has 0 N–H and O–H groups in total. The molecule has 0 fully saturated rings. The SMILES string of the molecule is C[C@H](c1nnc(SCC(=O)N(C)CCOc2ccc(Cl)cc2)n1-c1ccc(F)cc1)N(C)C. The van der Waals surface area contributed by atoms with Gasteiger partial charge >= 0.3 is 0 Å². The highest BCUT2D eigenvalue weighted by molar-refractivity contribution is 7.99. The van der Waals surface area contributed by atoms with E-state index in [1.165, 1.54) is 23.9 Å². The van der Waals surface area contributed by atoms with E-state index in [4.69, 9.17) is 16.3 Å². The average molecular weight is 492 g/mol. The predicted octanol–water partition coefficient (Wildman–Crippen LogP) is 4.31. The quantitative estimate of drug-likeness (QED) is 0.394. The lowest BCUT2D eigenvalue weighted by molar-refractivity contribution is -0.127. The van der Waals surface area contributed by atoms with Gasteiger partial charge in [-0.15, -0.1) is 10.2 Å². The van der Waals surface area contributed by atoms with E-state index in [-0.39, 0.29) is 23.5 Å². The van der Waals surface area contributed by atoms with E-state index in [9.17, 15) is 9.18 Å². The van der Waals surface area contributed by atoms with Crippen molar-refractivity contribution in [3.05, 3.63) is 65.2 Å². The van der Waals surface area contributed by atoms with E-state index in [1.807, 2.05) is 30.5 Å².